The van der Waals surface area contributed by atoms with Gasteiger partial charge < -0.3 is 24.6 Å². The van der Waals surface area contributed by atoms with Crippen LogP contribution in [0.5, 0.6) is 11.5 Å². The molecule has 1 aliphatic heterocycles. The Morgan fingerprint density at radius 1 is 1.27 bits per heavy atom. The Bertz CT molecular complexity index is 525. The van der Waals surface area contributed by atoms with Crippen LogP contribution in [0.1, 0.15) is 0 Å². The normalized spacial score (nSPS) is 14.5. The first-order valence-electron chi connectivity index (χ1n) is 7.30. The fraction of sp³-hybridized carbons (Fsp3) is 0.438. The van der Waals surface area contributed by atoms with Crippen molar-refractivity contribution in [2.24, 2.45) is 0 Å². The number of carbonyl (C=O) groups excluding carboxylic acids is 1. The number of nitrogens with zero attached hydrogens (tertiary/aromatic N) is 2. The third kappa shape index (κ3) is 3.63. The van der Waals surface area contributed by atoms with Gasteiger partial charge in [-0.05, 0) is 12.1 Å². The fourth-order valence-electron chi connectivity index (χ4n) is 2.47. The first-order chi connectivity index (χ1) is 10.7. The molecule has 0 atom stereocenters. The molecule has 1 aliphatic rings. The zero-order valence-corrected chi connectivity index (χ0v) is 13.2. The Kier molecular flexibility index (Phi) is 5.52. The van der Waals surface area contributed by atoms with Crippen molar-refractivity contribution in [3.63, 3.8) is 0 Å². The van der Waals surface area contributed by atoms with Crippen molar-refractivity contribution in [2.45, 2.75) is 0 Å². The molecular formula is C16H23N3O3. The van der Waals surface area contributed by atoms with E-state index in [-0.39, 0.29) is 6.03 Å². The first-order valence-corrected chi connectivity index (χ1v) is 7.30. The van der Waals surface area contributed by atoms with Crippen molar-refractivity contribution in [1.29, 1.82) is 0 Å². The number of benzene rings is 1. The van der Waals surface area contributed by atoms with E-state index in [4.69, 9.17) is 9.47 Å². The van der Waals surface area contributed by atoms with Gasteiger partial charge in [-0.25, -0.2) is 4.79 Å². The van der Waals surface area contributed by atoms with Gasteiger partial charge in [0.25, 0.3) is 0 Å². The molecule has 0 aliphatic carbocycles. The van der Waals surface area contributed by atoms with Crippen molar-refractivity contribution in [1.82, 2.24) is 10.2 Å². The topological polar surface area (TPSA) is 54.0 Å². The van der Waals surface area contributed by atoms with Gasteiger partial charge in [0.05, 0.1) is 19.9 Å². The van der Waals surface area contributed by atoms with Gasteiger partial charge in [0.1, 0.15) is 11.5 Å². The minimum atomic E-state index is -0.0443. The minimum Gasteiger partial charge on any atom is -0.497 e. The average Bonchev–Trinajstić information content (AvgIpc) is 2.59. The molecule has 0 aromatic heterocycles. The van der Waals surface area contributed by atoms with Crippen LogP contribution in [0, 0.1) is 0 Å². The molecule has 6 nitrogen and oxygen atoms in total. The number of methoxy groups -OCH3 is 2. The summed E-state index contributed by atoms with van der Waals surface area (Å²) >= 11 is 0. The van der Waals surface area contributed by atoms with Gasteiger partial charge in [-0.2, -0.15) is 0 Å². The Morgan fingerprint density at radius 3 is 2.59 bits per heavy atom. The summed E-state index contributed by atoms with van der Waals surface area (Å²) in [6.45, 7) is 6.94. The first kappa shape index (κ1) is 16.0. The van der Waals surface area contributed by atoms with E-state index in [1.54, 1.807) is 20.3 Å². The van der Waals surface area contributed by atoms with E-state index in [1.165, 1.54) is 0 Å². The quantitative estimate of drug-likeness (QED) is 0.842. The smallest absolute Gasteiger partial charge is 0.317 e. The lowest BCUT2D eigenvalue weighted by atomic mass is 10.2. The number of hydrogen-bond acceptors (Lipinski definition) is 4. The number of amides is 2. The molecule has 6 heteroatoms. The van der Waals surface area contributed by atoms with Crippen LogP contribution in [0.3, 0.4) is 0 Å². The van der Waals surface area contributed by atoms with Crippen LogP contribution in [-0.2, 0) is 0 Å². The summed E-state index contributed by atoms with van der Waals surface area (Å²) in [6, 6.07) is 5.70. The van der Waals surface area contributed by atoms with Gasteiger partial charge >= 0.3 is 6.03 Å². The molecule has 120 valence electrons. The third-order valence-electron chi connectivity index (χ3n) is 3.69. The second-order valence-electron chi connectivity index (χ2n) is 4.99. The lowest BCUT2D eigenvalue weighted by molar-refractivity contribution is 0.195. The number of piperazine rings is 1. The minimum absolute atomic E-state index is 0.0443. The highest BCUT2D eigenvalue weighted by molar-refractivity contribution is 5.75. The summed E-state index contributed by atoms with van der Waals surface area (Å²) in [6.07, 6.45) is 1.68. The maximum absolute atomic E-state index is 11.9. The SMILES string of the molecule is C=CCNC(=O)N1CCN(c2cc(OC)ccc2OC)CC1. The Labute approximate surface area is 131 Å². The van der Waals surface area contributed by atoms with Crippen LogP contribution in [0.2, 0.25) is 0 Å². The monoisotopic (exact) mass is 305 g/mol. The Morgan fingerprint density at radius 2 is 2.00 bits per heavy atom. The lowest BCUT2D eigenvalue weighted by Gasteiger charge is -2.36. The molecule has 1 N–H and O–H groups in total. The molecule has 0 saturated carbocycles. The average molecular weight is 305 g/mol. The summed E-state index contributed by atoms with van der Waals surface area (Å²) in [7, 11) is 3.30. The molecule has 1 heterocycles. The summed E-state index contributed by atoms with van der Waals surface area (Å²) in [5, 5.41) is 2.80. The largest absolute Gasteiger partial charge is 0.497 e. The summed E-state index contributed by atoms with van der Waals surface area (Å²) < 4.78 is 10.7. The molecule has 0 radical (unpaired) electrons. The Hall–Kier alpha value is -2.37. The van der Waals surface area contributed by atoms with Crippen LogP contribution in [0.25, 0.3) is 0 Å². The predicted molar refractivity (Wildman–Crippen MR) is 86.9 cm³/mol. The highest BCUT2D eigenvalue weighted by Crippen LogP contribution is 2.32. The molecule has 22 heavy (non-hydrogen) atoms. The van der Waals surface area contributed by atoms with E-state index in [2.05, 4.69) is 16.8 Å². The second kappa shape index (κ2) is 7.59. The van der Waals surface area contributed by atoms with E-state index in [9.17, 15) is 4.79 Å². The van der Waals surface area contributed by atoms with E-state index in [0.29, 0.717) is 19.6 Å². The van der Waals surface area contributed by atoms with E-state index >= 15 is 0 Å². The van der Waals surface area contributed by atoms with Gasteiger partial charge in [0.2, 0.25) is 0 Å². The number of rotatable bonds is 5. The molecule has 1 aromatic rings. The molecule has 0 unspecified atom stereocenters. The predicted octanol–water partition coefficient (Wildman–Crippen LogP) is 1.72. The zero-order valence-electron chi connectivity index (χ0n) is 13.2. The van der Waals surface area contributed by atoms with Crippen molar-refractivity contribution in [3.05, 3.63) is 30.9 Å². The van der Waals surface area contributed by atoms with E-state index in [1.807, 2.05) is 23.1 Å². The third-order valence-corrected chi connectivity index (χ3v) is 3.69. The molecule has 0 bridgehead atoms. The van der Waals surface area contributed by atoms with Crippen molar-refractivity contribution < 1.29 is 14.3 Å². The zero-order chi connectivity index (χ0) is 15.9. The summed E-state index contributed by atoms with van der Waals surface area (Å²) in [5.74, 6) is 1.60. The van der Waals surface area contributed by atoms with Crippen molar-refractivity contribution in [3.8, 4) is 11.5 Å². The summed E-state index contributed by atoms with van der Waals surface area (Å²) in [5.41, 5.74) is 0.994. The number of carbonyl (C=O) groups is 1. The van der Waals surface area contributed by atoms with Gasteiger partial charge in [-0.15, -0.1) is 6.58 Å². The Balaban J connectivity index is 2.02. The highest BCUT2D eigenvalue weighted by atomic mass is 16.5. The number of hydrogen-bond donors (Lipinski definition) is 1. The molecule has 1 aromatic carbocycles. The van der Waals surface area contributed by atoms with Crippen molar-refractivity contribution in [2.75, 3.05) is 51.8 Å². The van der Waals surface area contributed by atoms with Crippen molar-refractivity contribution >= 4 is 11.7 Å². The standard InChI is InChI=1S/C16H23N3O3/c1-4-7-17-16(20)19-10-8-18(9-11-19)14-12-13(21-2)5-6-15(14)22-3/h4-6,12H,1,7-11H2,2-3H3,(H,17,20). The van der Waals surface area contributed by atoms with Gasteiger partial charge in [0.15, 0.2) is 0 Å². The van der Waals surface area contributed by atoms with Gasteiger partial charge in [-0.3, -0.25) is 0 Å². The fourth-order valence-corrected chi connectivity index (χ4v) is 2.47. The molecular weight excluding hydrogens is 282 g/mol. The highest BCUT2D eigenvalue weighted by Gasteiger charge is 2.23. The lowest BCUT2D eigenvalue weighted by Crippen LogP contribution is -2.52. The van der Waals surface area contributed by atoms with Gasteiger partial charge in [0, 0.05) is 38.8 Å². The molecule has 0 spiro atoms. The molecule has 2 amide bonds. The summed E-state index contributed by atoms with van der Waals surface area (Å²) in [4.78, 5) is 15.9. The maximum atomic E-state index is 11.9. The maximum Gasteiger partial charge on any atom is 0.317 e. The number of nitrogens with one attached hydrogen (secondary N) is 1. The van der Waals surface area contributed by atoms with Crippen LogP contribution in [-0.4, -0.2) is 57.9 Å². The van der Waals surface area contributed by atoms with Crippen LogP contribution < -0.4 is 19.7 Å². The van der Waals surface area contributed by atoms with E-state index < -0.39 is 0 Å². The number of urea groups is 1. The van der Waals surface area contributed by atoms with Gasteiger partial charge in [-0.1, -0.05) is 6.08 Å². The van der Waals surface area contributed by atoms with E-state index in [0.717, 1.165) is 30.3 Å². The molecule has 1 saturated heterocycles. The van der Waals surface area contributed by atoms with Crippen LogP contribution in [0.4, 0.5) is 10.5 Å². The number of ether oxygens (including phenoxy) is 2. The second-order valence-corrected chi connectivity index (χ2v) is 4.99. The van der Waals surface area contributed by atoms with Crippen LogP contribution >= 0.6 is 0 Å². The number of anilines is 1. The molecule has 2 rings (SSSR count). The molecule has 1 fully saturated rings. The van der Waals surface area contributed by atoms with Crippen LogP contribution in [0.15, 0.2) is 30.9 Å².